The second kappa shape index (κ2) is 3.26. The molecule has 10 heavy (non-hydrogen) atoms. The van der Waals surface area contributed by atoms with Gasteiger partial charge in [0, 0.05) is 18.0 Å². The number of nitrogens with two attached hydrogens (primary N) is 2. The zero-order valence-corrected chi connectivity index (χ0v) is 5.49. The molecule has 0 aliphatic heterocycles. The molecule has 0 radical (unpaired) electrons. The minimum absolute atomic E-state index is 0.325. The first kappa shape index (κ1) is 7.14. The first-order valence-corrected chi connectivity index (χ1v) is 2.96. The van der Waals surface area contributed by atoms with E-state index in [0.29, 0.717) is 0 Å². The zero-order valence-electron chi connectivity index (χ0n) is 5.49. The Bertz CT molecular complexity index is 186. The molecule has 4 nitrogen and oxygen atoms in total. The molecule has 0 aromatic carbocycles. The highest BCUT2D eigenvalue weighted by Crippen LogP contribution is 2.01. The largest absolute Gasteiger partial charge is 0.311 e. The Balaban J connectivity index is 2.75. The number of hydrogen-bond donors (Lipinski definition) is 3. The lowest BCUT2D eigenvalue weighted by atomic mass is 10.2. The topological polar surface area (TPSA) is 77.0 Å². The normalized spacial score (nSPS) is 13.0. The zero-order chi connectivity index (χ0) is 7.40. The van der Waals surface area contributed by atoms with Gasteiger partial charge in [-0.05, 0) is 6.07 Å². The summed E-state index contributed by atoms with van der Waals surface area (Å²) in [5.41, 5.74) is 8.82. The van der Waals surface area contributed by atoms with Crippen molar-refractivity contribution in [3.63, 3.8) is 0 Å². The third-order valence-corrected chi connectivity index (χ3v) is 1.22. The third-order valence-electron chi connectivity index (χ3n) is 1.22. The first-order chi connectivity index (χ1) is 4.84. The number of nitrogens with zero attached hydrogens (tertiary/aromatic N) is 1. The van der Waals surface area contributed by atoms with E-state index >= 15 is 0 Å². The van der Waals surface area contributed by atoms with E-state index < -0.39 is 0 Å². The van der Waals surface area contributed by atoms with Crippen LogP contribution in [0.4, 0.5) is 0 Å². The van der Waals surface area contributed by atoms with E-state index in [2.05, 4.69) is 10.4 Å². The molecule has 0 fully saturated rings. The summed E-state index contributed by atoms with van der Waals surface area (Å²) in [4.78, 5) is 3.88. The number of pyridine rings is 1. The van der Waals surface area contributed by atoms with Crippen molar-refractivity contribution >= 4 is 0 Å². The van der Waals surface area contributed by atoms with Gasteiger partial charge in [0.15, 0.2) is 0 Å². The van der Waals surface area contributed by atoms with Crippen LogP contribution >= 0.6 is 0 Å². The van der Waals surface area contributed by atoms with E-state index in [0.717, 1.165) is 5.56 Å². The molecule has 54 valence electrons. The Kier molecular flexibility index (Phi) is 2.33. The predicted octanol–water partition coefficient (Wildman–Crippen LogP) is -0.498. The molecule has 0 amide bonds. The molecule has 1 rings (SSSR count). The molecule has 0 saturated carbocycles. The fourth-order valence-corrected chi connectivity index (χ4v) is 0.656. The van der Waals surface area contributed by atoms with E-state index in [9.17, 15) is 0 Å². The molecule has 1 heterocycles. The molecular weight excluding hydrogens is 128 g/mol. The quantitative estimate of drug-likeness (QED) is 0.292. The predicted molar refractivity (Wildman–Crippen MR) is 38.5 cm³/mol. The van der Waals surface area contributed by atoms with E-state index in [1.807, 2.05) is 12.1 Å². The lowest BCUT2D eigenvalue weighted by Crippen LogP contribution is -2.34. The van der Waals surface area contributed by atoms with Crippen molar-refractivity contribution in [1.29, 1.82) is 0 Å². The summed E-state index contributed by atoms with van der Waals surface area (Å²) in [6.07, 6.45) is 3.03. The van der Waals surface area contributed by atoms with Crippen molar-refractivity contribution in [2.75, 3.05) is 0 Å². The van der Waals surface area contributed by atoms with Crippen LogP contribution in [-0.4, -0.2) is 4.98 Å². The molecular formula is C6H10N4. The maximum atomic E-state index is 5.52. The highest BCUT2D eigenvalue weighted by molar-refractivity contribution is 5.11. The molecule has 0 aliphatic rings. The molecule has 1 atom stereocenters. The summed E-state index contributed by atoms with van der Waals surface area (Å²) in [5.74, 6) is 5.10. The van der Waals surface area contributed by atoms with Crippen LogP contribution in [0, 0.1) is 0 Å². The van der Waals surface area contributed by atoms with Crippen LogP contribution in [0.2, 0.25) is 0 Å². The highest BCUT2D eigenvalue weighted by Gasteiger charge is 1.99. The highest BCUT2D eigenvalue weighted by atomic mass is 15.3. The monoisotopic (exact) mass is 138 g/mol. The van der Waals surface area contributed by atoms with Gasteiger partial charge in [0.2, 0.25) is 0 Å². The van der Waals surface area contributed by atoms with Crippen molar-refractivity contribution in [2.24, 2.45) is 11.6 Å². The average Bonchev–Trinajstić information content (AvgIpc) is 2.05. The number of nitrogens with one attached hydrogen (secondary N) is 1. The molecule has 5 N–H and O–H groups in total. The number of hydrazine groups is 1. The van der Waals surface area contributed by atoms with E-state index in [1.54, 1.807) is 12.4 Å². The van der Waals surface area contributed by atoms with Crippen LogP contribution in [0.1, 0.15) is 11.7 Å². The Labute approximate surface area is 59.2 Å². The summed E-state index contributed by atoms with van der Waals surface area (Å²) in [6, 6.07) is 3.67. The minimum Gasteiger partial charge on any atom is -0.311 e. The molecule has 0 bridgehead atoms. The van der Waals surface area contributed by atoms with Crippen molar-refractivity contribution in [1.82, 2.24) is 10.4 Å². The number of aromatic nitrogens is 1. The fourth-order valence-electron chi connectivity index (χ4n) is 0.656. The second-order valence-corrected chi connectivity index (χ2v) is 1.93. The van der Waals surface area contributed by atoms with Gasteiger partial charge in [-0.1, -0.05) is 6.07 Å². The van der Waals surface area contributed by atoms with Gasteiger partial charge in [-0.3, -0.25) is 10.8 Å². The molecule has 0 aliphatic carbocycles. The fraction of sp³-hybridized carbons (Fsp3) is 0.167. The van der Waals surface area contributed by atoms with Crippen molar-refractivity contribution < 1.29 is 0 Å². The third kappa shape index (κ3) is 1.51. The molecule has 4 heteroatoms. The van der Waals surface area contributed by atoms with Crippen LogP contribution in [0.3, 0.4) is 0 Å². The van der Waals surface area contributed by atoms with Gasteiger partial charge >= 0.3 is 0 Å². The summed E-state index contributed by atoms with van der Waals surface area (Å²) in [5, 5.41) is 0. The lowest BCUT2D eigenvalue weighted by molar-refractivity contribution is 0.575. The molecule has 1 unspecified atom stereocenters. The van der Waals surface area contributed by atoms with Crippen molar-refractivity contribution in [3.8, 4) is 0 Å². The summed E-state index contributed by atoms with van der Waals surface area (Å²) in [7, 11) is 0. The standard InChI is InChI=1S/C6H10N4/c7-6(10-8)5-2-1-3-9-4-5/h1-4,6,10H,7-8H2. The average molecular weight is 138 g/mol. The molecule has 0 saturated heterocycles. The van der Waals surface area contributed by atoms with Gasteiger partial charge < -0.3 is 5.73 Å². The van der Waals surface area contributed by atoms with Gasteiger partial charge in [-0.15, -0.1) is 0 Å². The number of hydrogen-bond acceptors (Lipinski definition) is 4. The minimum atomic E-state index is -0.325. The Morgan fingerprint density at radius 1 is 1.60 bits per heavy atom. The maximum absolute atomic E-state index is 5.52. The maximum Gasteiger partial charge on any atom is 0.0950 e. The SMILES string of the molecule is NNC(N)c1cccnc1. The second-order valence-electron chi connectivity index (χ2n) is 1.93. The van der Waals surface area contributed by atoms with Crippen LogP contribution in [-0.2, 0) is 0 Å². The lowest BCUT2D eigenvalue weighted by Gasteiger charge is -2.07. The Hall–Kier alpha value is -0.970. The number of rotatable bonds is 2. The van der Waals surface area contributed by atoms with Gasteiger partial charge in [0.1, 0.15) is 0 Å². The van der Waals surface area contributed by atoms with Crippen LogP contribution < -0.4 is 17.0 Å². The van der Waals surface area contributed by atoms with E-state index in [-0.39, 0.29) is 6.17 Å². The summed E-state index contributed by atoms with van der Waals surface area (Å²) >= 11 is 0. The van der Waals surface area contributed by atoms with E-state index in [1.165, 1.54) is 0 Å². The summed E-state index contributed by atoms with van der Waals surface area (Å²) in [6.45, 7) is 0. The molecule has 1 aromatic heterocycles. The first-order valence-electron chi connectivity index (χ1n) is 2.96. The van der Waals surface area contributed by atoms with Crippen LogP contribution in [0.25, 0.3) is 0 Å². The van der Waals surface area contributed by atoms with Crippen molar-refractivity contribution in [2.45, 2.75) is 6.17 Å². The van der Waals surface area contributed by atoms with Gasteiger partial charge in [0.05, 0.1) is 6.17 Å². The molecule has 1 aromatic rings. The van der Waals surface area contributed by atoms with Gasteiger partial charge in [-0.2, -0.15) is 0 Å². The molecule has 0 spiro atoms. The van der Waals surface area contributed by atoms with Gasteiger partial charge in [-0.25, -0.2) is 5.43 Å². The van der Waals surface area contributed by atoms with Gasteiger partial charge in [0.25, 0.3) is 0 Å². The van der Waals surface area contributed by atoms with Crippen molar-refractivity contribution in [3.05, 3.63) is 30.1 Å². The van der Waals surface area contributed by atoms with E-state index in [4.69, 9.17) is 11.6 Å². The van der Waals surface area contributed by atoms with Crippen LogP contribution in [0.15, 0.2) is 24.5 Å². The Morgan fingerprint density at radius 2 is 2.40 bits per heavy atom. The Morgan fingerprint density at radius 3 is 2.90 bits per heavy atom. The van der Waals surface area contributed by atoms with Crippen LogP contribution in [0.5, 0.6) is 0 Å². The summed E-state index contributed by atoms with van der Waals surface area (Å²) < 4.78 is 0. The smallest absolute Gasteiger partial charge is 0.0950 e.